The van der Waals surface area contributed by atoms with Crippen LogP contribution in [-0.2, 0) is 19.1 Å². The summed E-state index contributed by atoms with van der Waals surface area (Å²) >= 11 is 4.37. The first-order valence-corrected chi connectivity index (χ1v) is 8.38. The monoisotopic (exact) mass is 373 g/mol. The molecule has 8 nitrogen and oxygen atoms in total. The molecule has 2 heterocycles. The minimum absolute atomic E-state index is 0.0120. The molecule has 1 aromatic rings. The highest BCUT2D eigenvalue weighted by Gasteiger charge is 2.35. The third-order valence-electron chi connectivity index (χ3n) is 3.58. The number of halogens is 1. The van der Waals surface area contributed by atoms with Gasteiger partial charge in [0.05, 0.1) is 6.20 Å². The Morgan fingerprint density at radius 1 is 1.56 bits per heavy atom. The molecular weight excluding hydrogens is 353 g/mol. The van der Waals surface area contributed by atoms with Crippen LogP contribution in [0.2, 0.25) is 0 Å². The van der Waals surface area contributed by atoms with Crippen LogP contribution in [0.15, 0.2) is 11.0 Å². The molecule has 1 aliphatic rings. The molecule has 3 atom stereocenters. The van der Waals surface area contributed by atoms with E-state index in [1.54, 1.807) is 0 Å². The Morgan fingerprint density at radius 2 is 2.28 bits per heavy atom. The number of carbonyl (C=O) groups excluding carboxylic acids is 2. The topological polar surface area (TPSA) is 99.5 Å². The summed E-state index contributed by atoms with van der Waals surface area (Å²) in [4.78, 5) is 38.0. The normalized spacial score (nSPS) is 22.6. The van der Waals surface area contributed by atoms with Gasteiger partial charge in [-0.05, 0) is 6.42 Å². The van der Waals surface area contributed by atoms with Crippen LogP contribution in [0.25, 0.3) is 0 Å². The van der Waals surface area contributed by atoms with Crippen LogP contribution < -0.4 is 11.0 Å². The number of ether oxygens (including phenoxy) is 2. The summed E-state index contributed by atoms with van der Waals surface area (Å²) in [5.41, 5.74) is -0.765. The third-order valence-corrected chi connectivity index (χ3v) is 4.12. The fraction of sp³-hybridized carbons (Fsp3) is 0.600. The van der Waals surface area contributed by atoms with Gasteiger partial charge in [-0.2, -0.15) is 17.6 Å². The van der Waals surface area contributed by atoms with Crippen molar-refractivity contribution < 1.29 is 23.5 Å². The molecular formula is C15H20FN3O5S. The van der Waals surface area contributed by atoms with Gasteiger partial charge in [0, 0.05) is 25.0 Å². The van der Waals surface area contributed by atoms with Gasteiger partial charge in [0.15, 0.2) is 11.6 Å². The van der Waals surface area contributed by atoms with Crippen molar-refractivity contribution in [2.24, 2.45) is 0 Å². The van der Waals surface area contributed by atoms with Gasteiger partial charge in [0.2, 0.25) is 5.91 Å². The van der Waals surface area contributed by atoms with Crippen molar-refractivity contribution in [2.45, 2.75) is 50.7 Å². The van der Waals surface area contributed by atoms with Gasteiger partial charge < -0.3 is 14.8 Å². The molecule has 10 heteroatoms. The Bertz CT molecular complexity index is 711. The van der Waals surface area contributed by atoms with Crippen LogP contribution in [-0.4, -0.2) is 39.4 Å². The average molecular weight is 373 g/mol. The highest BCUT2D eigenvalue weighted by molar-refractivity contribution is 7.81. The number of nitrogens with one attached hydrogen (secondary N) is 1. The van der Waals surface area contributed by atoms with E-state index in [-0.39, 0.29) is 17.8 Å². The number of thiol groups is 1. The lowest BCUT2D eigenvalue weighted by Gasteiger charge is -2.16. The number of anilines is 1. The smallest absolute Gasteiger partial charge is 0.351 e. The maximum atomic E-state index is 14.0. The van der Waals surface area contributed by atoms with Gasteiger partial charge in [-0.1, -0.05) is 6.92 Å². The van der Waals surface area contributed by atoms with E-state index in [4.69, 9.17) is 9.47 Å². The summed E-state index contributed by atoms with van der Waals surface area (Å²) in [5.74, 6) is -2.16. The number of esters is 1. The quantitative estimate of drug-likeness (QED) is 0.575. The lowest BCUT2D eigenvalue weighted by atomic mass is 10.2. The highest BCUT2D eigenvalue weighted by Crippen LogP contribution is 2.31. The fourth-order valence-corrected chi connectivity index (χ4v) is 2.73. The Morgan fingerprint density at radius 3 is 2.92 bits per heavy atom. The number of rotatable bonds is 6. The Hall–Kier alpha value is -1.94. The molecule has 25 heavy (non-hydrogen) atoms. The zero-order valence-electron chi connectivity index (χ0n) is 13.9. The van der Waals surface area contributed by atoms with E-state index in [9.17, 15) is 18.8 Å². The molecule has 1 amide bonds. The second-order valence-electron chi connectivity index (χ2n) is 5.67. The lowest BCUT2D eigenvalue weighted by molar-refractivity contribution is -0.148. The van der Waals surface area contributed by atoms with E-state index in [0.717, 1.165) is 10.8 Å². The number of amides is 1. The van der Waals surface area contributed by atoms with Gasteiger partial charge in [0.25, 0.3) is 0 Å². The van der Waals surface area contributed by atoms with Crippen molar-refractivity contribution in [1.29, 1.82) is 0 Å². The van der Waals surface area contributed by atoms with Gasteiger partial charge in [0.1, 0.15) is 18.9 Å². The van der Waals surface area contributed by atoms with Gasteiger partial charge in [-0.25, -0.2) is 9.18 Å². The van der Waals surface area contributed by atoms with Crippen molar-refractivity contribution in [1.82, 2.24) is 9.55 Å². The summed E-state index contributed by atoms with van der Waals surface area (Å²) in [6, 6.07) is 0. The molecule has 0 aliphatic carbocycles. The summed E-state index contributed by atoms with van der Waals surface area (Å²) < 4.78 is 25.8. The molecule has 0 spiro atoms. The Labute approximate surface area is 149 Å². The molecule has 1 aromatic heterocycles. The molecule has 1 fully saturated rings. The molecule has 138 valence electrons. The summed E-state index contributed by atoms with van der Waals surface area (Å²) in [6.07, 6.45) is 0.944. The summed E-state index contributed by atoms with van der Waals surface area (Å²) in [6.45, 7) is 3.06. The average Bonchev–Trinajstić information content (AvgIpc) is 2.89. The van der Waals surface area contributed by atoms with E-state index in [1.807, 2.05) is 6.92 Å². The van der Waals surface area contributed by atoms with Crippen molar-refractivity contribution in [3.63, 3.8) is 0 Å². The van der Waals surface area contributed by atoms with Crippen LogP contribution in [0.5, 0.6) is 0 Å². The third kappa shape index (κ3) is 5.02. The second kappa shape index (κ2) is 8.43. The van der Waals surface area contributed by atoms with Crippen molar-refractivity contribution in [2.75, 3.05) is 11.9 Å². The number of carbonyl (C=O) groups is 2. The Balaban J connectivity index is 2.07. The predicted octanol–water partition coefficient (Wildman–Crippen LogP) is 1.27. The maximum Gasteiger partial charge on any atom is 0.351 e. The molecule has 0 bridgehead atoms. The van der Waals surface area contributed by atoms with Crippen molar-refractivity contribution >= 4 is 30.3 Å². The minimum atomic E-state index is -0.855. The van der Waals surface area contributed by atoms with Crippen molar-refractivity contribution in [3.05, 3.63) is 22.5 Å². The first kappa shape index (κ1) is 19.4. The van der Waals surface area contributed by atoms with Crippen molar-refractivity contribution in [3.8, 4) is 0 Å². The summed E-state index contributed by atoms with van der Waals surface area (Å²) in [7, 11) is 0. The maximum absolute atomic E-state index is 14.0. The number of nitrogens with zero attached hydrogens (tertiary/aromatic N) is 2. The molecule has 1 N–H and O–H groups in total. The van der Waals surface area contributed by atoms with E-state index in [1.165, 1.54) is 6.92 Å². The van der Waals surface area contributed by atoms with Gasteiger partial charge in [-0.15, -0.1) is 0 Å². The molecule has 1 unspecified atom stereocenters. The van der Waals surface area contributed by atoms with E-state index >= 15 is 0 Å². The number of hydrogen-bond acceptors (Lipinski definition) is 7. The van der Waals surface area contributed by atoms with Crippen LogP contribution in [0.3, 0.4) is 0 Å². The lowest BCUT2D eigenvalue weighted by Crippen LogP contribution is -2.30. The second-order valence-corrected chi connectivity index (χ2v) is 6.34. The van der Waals surface area contributed by atoms with E-state index in [2.05, 4.69) is 22.9 Å². The first-order valence-electron chi connectivity index (χ1n) is 7.87. The molecule has 0 saturated carbocycles. The SMILES string of the molecule is CCCC(=O)OC[C@H]1O[C@@H](n2cc(F)c(NC(C)=O)nc2=O)CC1S. The van der Waals surface area contributed by atoms with Gasteiger partial charge in [-0.3, -0.25) is 14.2 Å². The molecule has 1 saturated heterocycles. The molecule has 2 rings (SSSR count). The van der Waals surface area contributed by atoms with Crippen LogP contribution in [0, 0.1) is 5.82 Å². The molecule has 0 aromatic carbocycles. The number of hydrogen-bond donors (Lipinski definition) is 2. The molecule has 1 aliphatic heterocycles. The highest BCUT2D eigenvalue weighted by atomic mass is 32.1. The molecule has 0 radical (unpaired) electrons. The fourth-order valence-electron chi connectivity index (χ4n) is 2.39. The predicted molar refractivity (Wildman–Crippen MR) is 89.9 cm³/mol. The zero-order chi connectivity index (χ0) is 18.6. The van der Waals surface area contributed by atoms with Crippen LogP contribution in [0.1, 0.15) is 39.3 Å². The first-order chi connectivity index (χ1) is 11.8. The summed E-state index contributed by atoms with van der Waals surface area (Å²) in [5, 5.41) is 1.85. The zero-order valence-corrected chi connectivity index (χ0v) is 14.8. The Kier molecular flexibility index (Phi) is 6.54. The minimum Gasteiger partial charge on any atom is -0.463 e. The van der Waals surface area contributed by atoms with Gasteiger partial charge >= 0.3 is 11.7 Å². The van der Waals surface area contributed by atoms with Crippen LogP contribution >= 0.6 is 12.6 Å². The van der Waals surface area contributed by atoms with E-state index in [0.29, 0.717) is 19.3 Å². The van der Waals surface area contributed by atoms with E-state index < -0.39 is 35.6 Å². The largest absolute Gasteiger partial charge is 0.463 e. The standard InChI is InChI=1S/C15H20FN3O5S/c1-3-4-13(21)23-7-10-11(25)5-12(24-10)19-6-9(16)14(17-8(2)20)18-15(19)22/h6,10-12,25H,3-5,7H2,1-2H3,(H,17,18,20,22)/t10-,11?,12-/m1/s1. The van der Waals surface area contributed by atoms with Crippen LogP contribution in [0.4, 0.5) is 10.2 Å². The number of aromatic nitrogens is 2.